The van der Waals surface area contributed by atoms with Gasteiger partial charge in [-0.2, -0.15) is 5.11 Å². The van der Waals surface area contributed by atoms with E-state index in [0.717, 1.165) is 11.1 Å². The molecule has 0 aliphatic carbocycles. The zero-order valence-electron chi connectivity index (χ0n) is 14.8. The molecule has 140 valence electrons. The number of hydrogen-bond acceptors (Lipinski definition) is 3. The first-order valence-corrected chi connectivity index (χ1v) is 9.57. The number of nitrogens with one attached hydrogen (secondary N) is 1. The van der Waals surface area contributed by atoms with Gasteiger partial charge >= 0.3 is 0 Å². The fourth-order valence-corrected chi connectivity index (χ4v) is 3.70. The highest BCUT2D eigenvalue weighted by molar-refractivity contribution is 6.38. The van der Waals surface area contributed by atoms with E-state index < -0.39 is 0 Å². The Hall–Kier alpha value is -2.82. The van der Waals surface area contributed by atoms with Crippen LogP contribution < -0.4 is 0 Å². The molecule has 0 radical (unpaired) electrons. The maximum absolute atomic E-state index is 10.3. The van der Waals surface area contributed by atoms with E-state index in [1.54, 1.807) is 12.1 Å². The van der Waals surface area contributed by atoms with E-state index in [2.05, 4.69) is 27.3 Å². The van der Waals surface area contributed by atoms with Gasteiger partial charge in [0.2, 0.25) is 5.88 Å². The lowest BCUT2D eigenvalue weighted by Crippen LogP contribution is -1.99. The molecule has 6 heteroatoms. The Morgan fingerprint density at radius 2 is 1.61 bits per heavy atom. The molecule has 0 fully saturated rings. The molecule has 0 saturated carbocycles. The first-order chi connectivity index (χ1) is 13.6. The van der Waals surface area contributed by atoms with Gasteiger partial charge in [0.25, 0.3) is 0 Å². The molecule has 0 bridgehead atoms. The Labute approximate surface area is 172 Å². The van der Waals surface area contributed by atoms with Crippen LogP contribution in [0.3, 0.4) is 0 Å². The summed E-state index contributed by atoms with van der Waals surface area (Å²) < 4.78 is 0. The van der Waals surface area contributed by atoms with E-state index in [1.165, 1.54) is 0 Å². The number of benzene rings is 3. The van der Waals surface area contributed by atoms with Crippen LogP contribution in [0.15, 0.2) is 83.0 Å². The highest BCUT2D eigenvalue weighted by Crippen LogP contribution is 2.40. The first-order valence-electron chi connectivity index (χ1n) is 8.81. The molecule has 0 saturated heterocycles. The Morgan fingerprint density at radius 3 is 2.32 bits per heavy atom. The van der Waals surface area contributed by atoms with Crippen molar-refractivity contribution in [2.75, 3.05) is 0 Å². The molecule has 4 nitrogen and oxygen atoms in total. The third-order valence-corrected chi connectivity index (χ3v) is 5.05. The summed E-state index contributed by atoms with van der Waals surface area (Å²) in [5.74, 6) is -0.0885. The number of fused-ring (bicyclic) bond motifs is 1. The number of nitrogens with zero attached hydrogens (tertiary/aromatic N) is 2. The zero-order chi connectivity index (χ0) is 19.5. The second-order valence-electron chi connectivity index (χ2n) is 6.46. The number of azo groups is 1. The largest absolute Gasteiger partial charge is 0.493 e. The van der Waals surface area contributed by atoms with Gasteiger partial charge in [-0.25, -0.2) is 0 Å². The lowest BCUT2D eigenvalue weighted by atomic mass is 10.00. The molecule has 2 N–H and O–H groups in total. The smallest absolute Gasteiger partial charge is 0.218 e. The topological polar surface area (TPSA) is 60.7 Å². The van der Waals surface area contributed by atoms with Gasteiger partial charge in [-0.05, 0) is 23.3 Å². The van der Waals surface area contributed by atoms with Gasteiger partial charge in [0.1, 0.15) is 6.04 Å². The number of aromatic nitrogens is 1. The maximum atomic E-state index is 10.3. The van der Waals surface area contributed by atoms with Crippen molar-refractivity contribution in [3.8, 4) is 5.88 Å². The van der Waals surface area contributed by atoms with E-state index in [0.29, 0.717) is 33.1 Å². The summed E-state index contributed by atoms with van der Waals surface area (Å²) in [7, 11) is 0. The Morgan fingerprint density at radius 1 is 0.929 bits per heavy atom. The minimum atomic E-state index is -0.192. The van der Waals surface area contributed by atoms with Crippen LogP contribution in [-0.2, 0) is 6.42 Å². The first kappa shape index (κ1) is 18.5. The number of hydrogen-bond donors (Lipinski definition) is 2. The quantitative estimate of drug-likeness (QED) is 0.335. The zero-order valence-corrected chi connectivity index (χ0v) is 16.3. The van der Waals surface area contributed by atoms with Crippen LogP contribution in [-0.4, -0.2) is 10.1 Å². The second-order valence-corrected chi connectivity index (χ2v) is 7.31. The average Bonchev–Trinajstić information content (AvgIpc) is 3.02. The van der Waals surface area contributed by atoms with Gasteiger partial charge in [0.15, 0.2) is 5.69 Å². The van der Waals surface area contributed by atoms with Crippen molar-refractivity contribution >= 4 is 39.8 Å². The van der Waals surface area contributed by atoms with Crippen molar-refractivity contribution in [2.45, 2.75) is 12.5 Å². The van der Waals surface area contributed by atoms with Crippen LogP contribution in [0.5, 0.6) is 5.88 Å². The molecule has 0 aliphatic heterocycles. The summed E-state index contributed by atoms with van der Waals surface area (Å²) in [6.45, 7) is 0. The molecule has 0 spiro atoms. The van der Waals surface area contributed by atoms with Gasteiger partial charge in [0.05, 0.1) is 10.5 Å². The highest BCUT2D eigenvalue weighted by atomic mass is 35.5. The molecule has 28 heavy (non-hydrogen) atoms. The van der Waals surface area contributed by atoms with Gasteiger partial charge in [-0.15, -0.1) is 5.11 Å². The molecular formula is C22H17Cl2N3O. The van der Waals surface area contributed by atoms with Crippen LogP contribution in [0.4, 0.5) is 5.69 Å². The van der Waals surface area contributed by atoms with E-state index in [1.807, 2.05) is 48.5 Å². The lowest BCUT2D eigenvalue weighted by Gasteiger charge is -2.12. The molecule has 1 unspecified atom stereocenters. The van der Waals surface area contributed by atoms with E-state index in [4.69, 9.17) is 23.2 Å². The monoisotopic (exact) mass is 409 g/mol. The second kappa shape index (κ2) is 8.05. The van der Waals surface area contributed by atoms with Gasteiger partial charge in [-0.1, -0.05) is 83.9 Å². The minimum absolute atomic E-state index is 0.0885. The van der Waals surface area contributed by atoms with Gasteiger partial charge in [0, 0.05) is 16.8 Å². The average molecular weight is 410 g/mol. The van der Waals surface area contributed by atoms with Crippen LogP contribution in [0.1, 0.15) is 17.2 Å². The molecule has 1 atom stereocenters. The number of rotatable bonds is 5. The summed E-state index contributed by atoms with van der Waals surface area (Å²) >= 11 is 12.3. The third kappa shape index (κ3) is 3.88. The number of aromatic hydroxyl groups is 1. The van der Waals surface area contributed by atoms with Crippen LogP contribution in [0.25, 0.3) is 10.9 Å². The minimum Gasteiger partial charge on any atom is -0.493 e. The predicted molar refractivity (Wildman–Crippen MR) is 114 cm³/mol. The molecular weight excluding hydrogens is 393 g/mol. The summed E-state index contributed by atoms with van der Waals surface area (Å²) in [4.78, 5) is 2.85. The van der Waals surface area contributed by atoms with Crippen LogP contribution >= 0.6 is 23.2 Å². The molecule has 1 heterocycles. The Kier molecular flexibility index (Phi) is 5.33. The maximum Gasteiger partial charge on any atom is 0.218 e. The molecule has 4 aromatic rings. The Balaban J connectivity index is 1.74. The van der Waals surface area contributed by atoms with Crippen molar-refractivity contribution in [1.29, 1.82) is 0 Å². The fourth-order valence-electron chi connectivity index (χ4n) is 3.16. The third-order valence-electron chi connectivity index (χ3n) is 4.53. The summed E-state index contributed by atoms with van der Waals surface area (Å²) in [5, 5.41) is 20.8. The predicted octanol–water partition coefficient (Wildman–Crippen LogP) is 7.25. The normalized spacial score (nSPS) is 12.6. The van der Waals surface area contributed by atoms with Crippen molar-refractivity contribution in [3.63, 3.8) is 0 Å². The molecule has 3 aromatic carbocycles. The molecule has 4 rings (SSSR count). The summed E-state index contributed by atoms with van der Waals surface area (Å²) in [6.07, 6.45) is 0.693. The number of halogens is 2. The van der Waals surface area contributed by atoms with Crippen molar-refractivity contribution in [3.05, 3.63) is 94.0 Å². The SMILES string of the molecule is Oc1[nH]c2c(Cl)cc(Cl)cc2c1N=NC(Cc1ccccc1)c1ccccc1. The van der Waals surface area contributed by atoms with E-state index in [9.17, 15) is 5.11 Å². The van der Waals surface area contributed by atoms with Crippen LogP contribution in [0.2, 0.25) is 10.0 Å². The van der Waals surface area contributed by atoms with E-state index >= 15 is 0 Å². The molecule has 0 aliphatic rings. The van der Waals surface area contributed by atoms with Gasteiger partial charge in [-0.3, -0.25) is 0 Å². The van der Waals surface area contributed by atoms with Crippen LogP contribution in [0, 0.1) is 0 Å². The van der Waals surface area contributed by atoms with Crippen molar-refractivity contribution in [2.24, 2.45) is 10.2 Å². The number of H-pyrrole nitrogens is 1. The fraction of sp³-hybridized carbons (Fsp3) is 0.0909. The molecule has 1 aromatic heterocycles. The van der Waals surface area contributed by atoms with E-state index in [-0.39, 0.29) is 11.9 Å². The van der Waals surface area contributed by atoms with Crippen molar-refractivity contribution in [1.82, 2.24) is 4.98 Å². The molecule has 0 amide bonds. The standard InChI is InChI=1S/C22H17Cl2N3O/c23-16-12-17-20(18(24)13-16)25-22(28)21(17)27-26-19(15-9-5-2-6-10-15)11-14-7-3-1-4-8-14/h1-10,12-13,19,25,28H,11H2. The lowest BCUT2D eigenvalue weighted by molar-refractivity contribution is 0.459. The van der Waals surface area contributed by atoms with Crippen molar-refractivity contribution < 1.29 is 5.11 Å². The number of aromatic amines is 1. The summed E-state index contributed by atoms with van der Waals surface area (Å²) in [5.41, 5.74) is 3.11. The summed E-state index contributed by atoms with van der Waals surface area (Å²) in [6, 6.07) is 23.2. The highest BCUT2D eigenvalue weighted by Gasteiger charge is 2.16. The van der Waals surface area contributed by atoms with Gasteiger partial charge < -0.3 is 10.1 Å². The Bertz CT molecular complexity index is 1120.